The van der Waals surface area contributed by atoms with Crippen molar-refractivity contribution < 1.29 is 14.4 Å². The number of anilines is 2. The highest BCUT2D eigenvalue weighted by molar-refractivity contribution is 6.23. The fourth-order valence-electron chi connectivity index (χ4n) is 3.45. The molecule has 0 radical (unpaired) electrons. The zero-order valence-electron chi connectivity index (χ0n) is 17.0. The molecule has 0 fully saturated rings. The summed E-state index contributed by atoms with van der Waals surface area (Å²) in [5, 5.41) is 2.75. The highest BCUT2D eigenvalue weighted by Crippen LogP contribution is 2.25. The maximum absolute atomic E-state index is 12.7. The molecule has 2 aromatic rings. The van der Waals surface area contributed by atoms with Crippen LogP contribution in [0.1, 0.15) is 54.3 Å². The van der Waals surface area contributed by atoms with Crippen LogP contribution in [0.2, 0.25) is 0 Å². The predicted molar refractivity (Wildman–Crippen MR) is 112 cm³/mol. The minimum absolute atomic E-state index is 0.329. The third-order valence-corrected chi connectivity index (χ3v) is 4.92. The Morgan fingerprint density at radius 2 is 1.62 bits per heavy atom. The highest BCUT2D eigenvalue weighted by Gasteiger charge is 2.40. The topological polar surface area (TPSA) is 82.6 Å². The average molecular weight is 394 g/mol. The second-order valence-corrected chi connectivity index (χ2v) is 7.08. The van der Waals surface area contributed by atoms with E-state index in [1.165, 1.54) is 0 Å². The Morgan fingerprint density at radius 1 is 1.03 bits per heavy atom. The lowest BCUT2D eigenvalue weighted by atomic mass is 10.1. The van der Waals surface area contributed by atoms with Gasteiger partial charge in [0.25, 0.3) is 11.8 Å². The van der Waals surface area contributed by atoms with Crippen LogP contribution in [-0.2, 0) is 4.79 Å². The summed E-state index contributed by atoms with van der Waals surface area (Å²) in [6, 6.07) is 9.32. The molecule has 7 nitrogen and oxygen atoms in total. The minimum atomic E-state index is -0.932. The van der Waals surface area contributed by atoms with Gasteiger partial charge >= 0.3 is 0 Å². The van der Waals surface area contributed by atoms with Crippen LogP contribution in [0, 0.1) is 0 Å². The lowest BCUT2D eigenvalue weighted by molar-refractivity contribution is -0.119. The predicted octanol–water partition coefficient (Wildman–Crippen LogP) is 3.33. The lowest BCUT2D eigenvalue weighted by Crippen LogP contribution is -2.45. The normalized spacial score (nSPS) is 14.0. The SMILES string of the molecule is CCCN(CCC)c1ccc(NC(=O)C(C)N2C(=O)c3ccccc3C2=O)cn1. The first-order valence-electron chi connectivity index (χ1n) is 9.96. The van der Waals surface area contributed by atoms with E-state index in [0.29, 0.717) is 16.8 Å². The third kappa shape index (κ3) is 4.13. The molecule has 1 atom stereocenters. The fraction of sp³-hybridized carbons (Fsp3) is 0.364. The van der Waals surface area contributed by atoms with Crippen molar-refractivity contribution in [3.8, 4) is 0 Å². The summed E-state index contributed by atoms with van der Waals surface area (Å²) in [7, 11) is 0. The van der Waals surface area contributed by atoms with Crippen molar-refractivity contribution in [2.45, 2.75) is 39.7 Å². The van der Waals surface area contributed by atoms with Crippen LogP contribution in [0.15, 0.2) is 42.6 Å². The van der Waals surface area contributed by atoms with Gasteiger partial charge in [-0.15, -0.1) is 0 Å². The maximum Gasteiger partial charge on any atom is 0.262 e. The molecule has 3 rings (SSSR count). The van der Waals surface area contributed by atoms with Gasteiger partial charge in [-0.2, -0.15) is 0 Å². The Morgan fingerprint density at radius 3 is 2.10 bits per heavy atom. The van der Waals surface area contributed by atoms with Crippen molar-refractivity contribution in [2.24, 2.45) is 0 Å². The maximum atomic E-state index is 12.7. The van der Waals surface area contributed by atoms with E-state index < -0.39 is 23.8 Å². The Bertz CT molecular complexity index is 870. The van der Waals surface area contributed by atoms with Gasteiger partial charge in [-0.1, -0.05) is 26.0 Å². The van der Waals surface area contributed by atoms with Gasteiger partial charge in [0.1, 0.15) is 11.9 Å². The Hall–Kier alpha value is -3.22. The largest absolute Gasteiger partial charge is 0.357 e. The summed E-state index contributed by atoms with van der Waals surface area (Å²) in [5.74, 6) is -0.471. The zero-order valence-corrected chi connectivity index (χ0v) is 17.0. The van der Waals surface area contributed by atoms with Crippen LogP contribution in [-0.4, -0.2) is 46.7 Å². The van der Waals surface area contributed by atoms with E-state index >= 15 is 0 Å². The van der Waals surface area contributed by atoms with Crippen LogP contribution >= 0.6 is 0 Å². The van der Waals surface area contributed by atoms with E-state index in [9.17, 15) is 14.4 Å². The quantitative estimate of drug-likeness (QED) is 0.695. The van der Waals surface area contributed by atoms with Crippen LogP contribution in [0.5, 0.6) is 0 Å². The number of nitrogens with one attached hydrogen (secondary N) is 1. The molecule has 7 heteroatoms. The number of benzene rings is 1. The molecule has 0 bridgehead atoms. The number of fused-ring (bicyclic) bond motifs is 1. The Labute approximate surface area is 170 Å². The molecule has 0 aliphatic carbocycles. The molecule has 1 N–H and O–H groups in total. The molecule has 3 amide bonds. The first-order chi connectivity index (χ1) is 14.0. The van der Waals surface area contributed by atoms with Crippen molar-refractivity contribution in [1.29, 1.82) is 0 Å². The number of carbonyl (C=O) groups is 3. The van der Waals surface area contributed by atoms with Crippen molar-refractivity contribution in [1.82, 2.24) is 9.88 Å². The van der Waals surface area contributed by atoms with Crippen LogP contribution < -0.4 is 10.2 Å². The van der Waals surface area contributed by atoms with Gasteiger partial charge < -0.3 is 10.2 Å². The first kappa shape index (κ1) is 20.5. The molecule has 0 spiro atoms. The smallest absolute Gasteiger partial charge is 0.262 e. The van der Waals surface area contributed by atoms with Crippen LogP contribution in [0.4, 0.5) is 11.5 Å². The van der Waals surface area contributed by atoms with Gasteiger partial charge in [0.15, 0.2) is 0 Å². The summed E-state index contributed by atoms with van der Waals surface area (Å²) in [6.45, 7) is 7.63. The fourth-order valence-corrected chi connectivity index (χ4v) is 3.45. The standard InChI is InChI=1S/C22H26N4O3/c1-4-12-25(13-5-2)19-11-10-16(14-23-19)24-20(27)15(3)26-21(28)17-8-6-7-9-18(17)22(26)29/h6-11,14-15H,4-5,12-13H2,1-3H3,(H,24,27). The molecule has 0 saturated carbocycles. The molecule has 1 aromatic heterocycles. The second kappa shape index (κ2) is 8.86. The summed E-state index contributed by atoms with van der Waals surface area (Å²) >= 11 is 0. The Balaban J connectivity index is 1.69. The van der Waals surface area contributed by atoms with E-state index in [2.05, 4.69) is 29.0 Å². The van der Waals surface area contributed by atoms with Crippen molar-refractivity contribution >= 4 is 29.2 Å². The van der Waals surface area contributed by atoms with E-state index in [0.717, 1.165) is 36.6 Å². The van der Waals surface area contributed by atoms with Crippen LogP contribution in [0.25, 0.3) is 0 Å². The number of aromatic nitrogens is 1. The second-order valence-electron chi connectivity index (χ2n) is 7.08. The summed E-state index contributed by atoms with van der Waals surface area (Å²) in [4.78, 5) is 45.4. The zero-order chi connectivity index (χ0) is 21.0. The number of nitrogens with zero attached hydrogens (tertiary/aromatic N) is 3. The number of amides is 3. The molecule has 1 unspecified atom stereocenters. The molecule has 152 valence electrons. The van der Waals surface area contributed by atoms with Crippen molar-refractivity contribution in [3.05, 3.63) is 53.7 Å². The molecule has 1 aliphatic heterocycles. The first-order valence-corrected chi connectivity index (χ1v) is 9.96. The van der Waals surface area contributed by atoms with E-state index in [-0.39, 0.29) is 0 Å². The van der Waals surface area contributed by atoms with E-state index in [1.54, 1.807) is 43.5 Å². The molecule has 1 aromatic carbocycles. The van der Waals surface area contributed by atoms with E-state index in [4.69, 9.17) is 0 Å². The van der Waals surface area contributed by atoms with Gasteiger partial charge in [0.05, 0.1) is 23.0 Å². The number of hydrogen-bond donors (Lipinski definition) is 1. The highest BCUT2D eigenvalue weighted by atomic mass is 16.2. The summed E-state index contributed by atoms with van der Waals surface area (Å²) < 4.78 is 0. The van der Waals surface area contributed by atoms with Gasteiger partial charge in [-0.3, -0.25) is 19.3 Å². The molecule has 1 aliphatic rings. The van der Waals surface area contributed by atoms with E-state index in [1.807, 2.05) is 6.07 Å². The molecule has 2 heterocycles. The summed E-state index contributed by atoms with van der Waals surface area (Å²) in [5.41, 5.74) is 1.18. The number of carbonyl (C=O) groups excluding carboxylic acids is 3. The van der Waals surface area contributed by atoms with Crippen LogP contribution in [0.3, 0.4) is 0 Å². The lowest BCUT2D eigenvalue weighted by Gasteiger charge is -2.23. The molecular formula is C22H26N4O3. The average Bonchev–Trinajstić information content (AvgIpc) is 2.98. The van der Waals surface area contributed by atoms with Gasteiger partial charge in [-0.25, -0.2) is 4.98 Å². The Kier molecular flexibility index (Phi) is 6.26. The van der Waals surface area contributed by atoms with Crippen molar-refractivity contribution in [2.75, 3.05) is 23.3 Å². The molecule has 0 saturated heterocycles. The van der Waals surface area contributed by atoms with Crippen molar-refractivity contribution in [3.63, 3.8) is 0 Å². The number of pyridine rings is 1. The van der Waals surface area contributed by atoms with Gasteiger partial charge in [0, 0.05) is 13.1 Å². The number of rotatable bonds is 8. The minimum Gasteiger partial charge on any atom is -0.357 e. The number of hydrogen-bond acceptors (Lipinski definition) is 5. The monoisotopic (exact) mass is 394 g/mol. The summed E-state index contributed by atoms with van der Waals surface area (Å²) in [6.07, 6.45) is 3.65. The van der Waals surface area contributed by atoms with Gasteiger partial charge in [0.2, 0.25) is 5.91 Å². The molecular weight excluding hydrogens is 368 g/mol. The third-order valence-electron chi connectivity index (χ3n) is 4.92. The molecule has 29 heavy (non-hydrogen) atoms. The van der Waals surface area contributed by atoms with Gasteiger partial charge in [-0.05, 0) is 44.0 Å². The number of imide groups is 1.